The number of fused-ring (bicyclic) bond motifs is 3. The summed E-state index contributed by atoms with van der Waals surface area (Å²) in [7, 11) is 0. The summed E-state index contributed by atoms with van der Waals surface area (Å²) in [5.74, 6) is -0.221. The molecule has 1 aliphatic rings. The number of benzene rings is 2. The van der Waals surface area contributed by atoms with Gasteiger partial charge in [0, 0.05) is 5.92 Å². The summed E-state index contributed by atoms with van der Waals surface area (Å²) >= 11 is 0. The predicted octanol–water partition coefficient (Wildman–Crippen LogP) is 2.48. The maximum absolute atomic E-state index is 10.3. The van der Waals surface area contributed by atoms with Gasteiger partial charge in [0.1, 0.15) is 0 Å². The fraction of sp³-hybridized carbons (Fsp3) is 0.200. The van der Waals surface area contributed by atoms with Crippen LogP contribution in [-0.4, -0.2) is 16.8 Å². The first-order valence-corrected chi connectivity index (χ1v) is 5.80. The number of hydrogen-bond donors (Lipinski definition) is 2. The van der Waals surface area contributed by atoms with E-state index >= 15 is 0 Å². The predicted molar refractivity (Wildman–Crippen MR) is 66.7 cm³/mol. The van der Waals surface area contributed by atoms with Crippen LogP contribution in [0.1, 0.15) is 23.1 Å². The second kappa shape index (κ2) is 3.99. The average Bonchev–Trinajstić information content (AvgIpc) is 2.40. The maximum atomic E-state index is 10.3. The molecule has 3 rings (SSSR count). The van der Waals surface area contributed by atoms with Crippen molar-refractivity contribution in [2.24, 2.45) is 0 Å². The third kappa shape index (κ3) is 1.49. The Bertz CT molecular complexity index is 548. The molecule has 2 aromatic carbocycles. The van der Waals surface area contributed by atoms with E-state index in [1.54, 1.807) is 0 Å². The minimum atomic E-state index is -0.619. The van der Waals surface area contributed by atoms with Crippen molar-refractivity contribution >= 4 is 0 Å². The Hall–Kier alpha value is -1.64. The molecular weight excluding hydrogens is 212 g/mol. The van der Waals surface area contributed by atoms with Gasteiger partial charge in [0.2, 0.25) is 0 Å². The van der Waals surface area contributed by atoms with Crippen molar-refractivity contribution in [2.75, 3.05) is 6.61 Å². The van der Waals surface area contributed by atoms with E-state index in [1.165, 1.54) is 0 Å². The van der Waals surface area contributed by atoms with Crippen LogP contribution in [0.3, 0.4) is 0 Å². The Morgan fingerprint density at radius 3 is 2.00 bits per heavy atom. The lowest BCUT2D eigenvalue weighted by Gasteiger charge is -2.31. The summed E-state index contributed by atoms with van der Waals surface area (Å²) in [6, 6.07) is 15.8. The van der Waals surface area contributed by atoms with Gasteiger partial charge in [-0.25, -0.2) is 0 Å². The molecule has 0 unspecified atom stereocenters. The van der Waals surface area contributed by atoms with Crippen LogP contribution in [0.25, 0.3) is 11.1 Å². The normalized spacial score (nSPS) is 21.8. The third-order valence-corrected chi connectivity index (χ3v) is 3.51. The Morgan fingerprint density at radius 2 is 1.35 bits per heavy atom. The standard InChI is InChI=1S/C15H14O2/c16-9-14-12-7-2-1-5-10(12)11-6-3-4-8-13(11)15(14)17/h1-8,14-17H,9H2/t14-,15-/m1/s1. The monoisotopic (exact) mass is 226 g/mol. The van der Waals surface area contributed by atoms with Gasteiger partial charge in [0.25, 0.3) is 0 Å². The van der Waals surface area contributed by atoms with Crippen LogP contribution in [-0.2, 0) is 0 Å². The highest BCUT2D eigenvalue weighted by atomic mass is 16.3. The highest BCUT2D eigenvalue weighted by Crippen LogP contribution is 2.44. The van der Waals surface area contributed by atoms with Crippen LogP contribution in [0.4, 0.5) is 0 Å². The molecule has 2 heteroatoms. The van der Waals surface area contributed by atoms with E-state index in [0.717, 1.165) is 22.3 Å². The quantitative estimate of drug-likeness (QED) is 0.784. The molecule has 0 spiro atoms. The van der Waals surface area contributed by atoms with Gasteiger partial charge in [-0.2, -0.15) is 0 Å². The Morgan fingerprint density at radius 1 is 0.824 bits per heavy atom. The molecule has 2 aromatic rings. The third-order valence-electron chi connectivity index (χ3n) is 3.51. The first-order valence-electron chi connectivity index (χ1n) is 5.80. The molecule has 0 fully saturated rings. The van der Waals surface area contributed by atoms with Crippen LogP contribution in [0, 0.1) is 0 Å². The highest BCUT2D eigenvalue weighted by Gasteiger charge is 2.31. The largest absolute Gasteiger partial charge is 0.396 e. The van der Waals surface area contributed by atoms with Crippen LogP contribution in [0.2, 0.25) is 0 Å². The van der Waals surface area contributed by atoms with Gasteiger partial charge < -0.3 is 10.2 Å². The van der Waals surface area contributed by atoms with Crippen molar-refractivity contribution in [1.29, 1.82) is 0 Å². The number of aliphatic hydroxyl groups excluding tert-OH is 2. The van der Waals surface area contributed by atoms with E-state index < -0.39 is 6.10 Å². The molecule has 0 bridgehead atoms. The van der Waals surface area contributed by atoms with Gasteiger partial charge in [-0.15, -0.1) is 0 Å². The fourth-order valence-corrected chi connectivity index (χ4v) is 2.65. The van der Waals surface area contributed by atoms with Crippen molar-refractivity contribution in [3.8, 4) is 11.1 Å². The zero-order chi connectivity index (χ0) is 11.8. The summed E-state index contributed by atoms with van der Waals surface area (Å²) in [6.45, 7) is -0.0352. The van der Waals surface area contributed by atoms with Crippen molar-refractivity contribution < 1.29 is 10.2 Å². The van der Waals surface area contributed by atoms with Gasteiger partial charge in [-0.05, 0) is 22.3 Å². The number of aliphatic hydroxyl groups is 2. The molecule has 0 radical (unpaired) electrons. The van der Waals surface area contributed by atoms with E-state index in [0.29, 0.717) is 0 Å². The molecule has 0 saturated heterocycles. The van der Waals surface area contributed by atoms with E-state index in [4.69, 9.17) is 0 Å². The fourth-order valence-electron chi connectivity index (χ4n) is 2.65. The van der Waals surface area contributed by atoms with Crippen molar-refractivity contribution in [1.82, 2.24) is 0 Å². The van der Waals surface area contributed by atoms with Crippen LogP contribution in [0.15, 0.2) is 48.5 Å². The van der Waals surface area contributed by atoms with Gasteiger partial charge >= 0.3 is 0 Å². The topological polar surface area (TPSA) is 40.5 Å². The van der Waals surface area contributed by atoms with Crippen molar-refractivity contribution in [2.45, 2.75) is 12.0 Å². The van der Waals surface area contributed by atoms with E-state index in [2.05, 4.69) is 0 Å². The molecule has 2 atom stereocenters. The molecule has 0 saturated carbocycles. The van der Waals surface area contributed by atoms with E-state index in [1.807, 2.05) is 48.5 Å². The summed E-state index contributed by atoms with van der Waals surface area (Å²) in [4.78, 5) is 0. The second-order valence-electron chi connectivity index (χ2n) is 4.41. The zero-order valence-corrected chi connectivity index (χ0v) is 9.38. The number of rotatable bonds is 1. The molecule has 0 amide bonds. The minimum Gasteiger partial charge on any atom is -0.396 e. The maximum Gasteiger partial charge on any atom is 0.0886 e. The van der Waals surface area contributed by atoms with Crippen molar-refractivity contribution in [3.05, 3.63) is 59.7 Å². The molecule has 0 heterocycles. The Labute approximate surface area is 100 Å². The summed E-state index contributed by atoms with van der Waals surface area (Å²) < 4.78 is 0. The lowest BCUT2D eigenvalue weighted by molar-refractivity contribution is 0.105. The molecular formula is C15H14O2. The minimum absolute atomic E-state index is 0.0352. The van der Waals surface area contributed by atoms with Gasteiger partial charge in [0.05, 0.1) is 12.7 Å². The average molecular weight is 226 g/mol. The molecule has 0 aromatic heterocycles. The lowest BCUT2D eigenvalue weighted by atomic mass is 9.77. The molecule has 17 heavy (non-hydrogen) atoms. The molecule has 86 valence electrons. The van der Waals surface area contributed by atoms with Crippen molar-refractivity contribution in [3.63, 3.8) is 0 Å². The molecule has 2 N–H and O–H groups in total. The van der Waals surface area contributed by atoms with Gasteiger partial charge in [-0.1, -0.05) is 48.5 Å². The Kier molecular flexibility index (Phi) is 2.46. The first kappa shape index (κ1) is 10.5. The van der Waals surface area contributed by atoms with E-state index in [-0.39, 0.29) is 12.5 Å². The molecule has 0 aliphatic heterocycles. The SMILES string of the molecule is OC[C@@H]1c2ccccc2-c2ccccc2[C@H]1O. The summed E-state index contributed by atoms with van der Waals surface area (Å²) in [5.41, 5.74) is 4.12. The van der Waals surface area contributed by atoms with E-state index in [9.17, 15) is 10.2 Å². The van der Waals surface area contributed by atoms with Crippen LogP contribution >= 0.6 is 0 Å². The second-order valence-corrected chi connectivity index (χ2v) is 4.41. The Balaban J connectivity index is 2.29. The smallest absolute Gasteiger partial charge is 0.0886 e. The summed E-state index contributed by atoms with van der Waals surface area (Å²) in [6.07, 6.45) is -0.619. The molecule has 1 aliphatic carbocycles. The summed E-state index contributed by atoms with van der Waals surface area (Å²) in [5, 5.41) is 19.8. The molecule has 2 nitrogen and oxygen atoms in total. The zero-order valence-electron chi connectivity index (χ0n) is 9.38. The van der Waals surface area contributed by atoms with Crippen LogP contribution < -0.4 is 0 Å². The van der Waals surface area contributed by atoms with Gasteiger partial charge in [0.15, 0.2) is 0 Å². The number of hydrogen-bond acceptors (Lipinski definition) is 2. The lowest BCUT2D eigenvalue weighted by Crippen LogP contribution is -2.20. The van der Waals surface area contributed by atoms with Crippen LogP contribution in [0.5, 0.6) is 0 Å². The highest BCUT2D eigenvalue weighted by molar-refractivity contribution is 5.74. The van der Waals surface area contributed by atoms with Gasteiger partial charge in [-0.3, -0.25) is 0 Å². The first-order chi connectivity index (χ1) is 8.33.